The van der Waals surface area contributed by atoms with Gasteiger partial charge in [-0.2, -0.15) is 0 Å². The fourth-order valence-electron chi connectivity index (χ4n) is 2.90. The van der Waals surface area contributed by atoms with Gasteiger partial charge in [-0.15, -0.1) is 11.3 Å². The Morgan fingerprint density at radius 3 is 2.45 bits per heavy atom. The van der Waals surface area contributed by atoms with Crippen molar-refractivity contribution in [1.82, 2.24) is 4.90 Å². The highest BCUT2D eigenvalue weighted by atomic mass is 32.2. The van der Waals surface area contributed by atoms with Gasteiger partial charge in [-0.1, -0.05) is 18.2 Å². The topological polar surface area (TPSA) is 66.9 Å². The first-order valence-electron chi connectivity index (χ1n) is 9.58. The molecule has 0 fully saturated rings. The molecule has 3 aromatic rings. The van der Waals surface area contributed by atoms with Crippen molar-refractivity contribution in [3.05, 3.63) is 77.4 Å². The number of carbonyl (C=O) groups excluding carboxylic acids is 1. The maximum Gasteiger partial charge on any atom is 0.273 e. The molecule has 2 aromatic carbocycles. The number of anilines is 1. The third-order valence-corrected chi connectivity index (χ3v) is 7.83. The Kier molecular flexibility index (Phi) is 7.29. The second-order valence-electron chi connectivity index (χ2n) is 6.73. The Morgan fingerprint density at radius 1 is 1.10 bits per heavy atom. The largest absolute Gasteiger partial charge is 0.484 e. The number of amides is 1. The van der Waals surface area contributed by atoms with Crippen LogP contribution in [0.1, 0.15) is 12.5 Å². The molecule has 0 saturated heterocycles. The summed E-state index contributed by atoms with van der Waals surface area (Å²) >= 11 is 1.16. The number of likely N-dealkylation sites (N-methyl/N-ethyl adjacent to an activating group) is 1. The number of hydrogen-bond donors (Lipinski definition) is 0. The van der Waals surface area contributed by atoms with Gasteiger partial charge in [0.2, 0.25) is 0 Å². The number of thiophene rings is 1. The zero-order chi connectivity index (χ0) is 22.4. The lowest BCUT2D eigenvalue weighted by atomic mass is 10.2. The minimum atomic E-state index is -3.61. The molecule has 6 nitrogen and oxygen atoms in total. The Bertz CT molecular complexity index is 1120. The predicted molar refractivity (Wildman–Crippen MR) is 119 cm³/mol. The van der Waals surface area contributed by atoms with Gasteiger partial charge in [-0.25, -0.2) is 12.8 Å². The van der Waals surface area contributed by atoms with E-state index < -0.39 is 10.0 Å². The van der Waals surface area contributed by atoms with Gasteiger partial charge in [0, 0.05) is 20.1 Å². The molecule has 0 aliphatic rings. The monoisotopic (exact) mass is 462 g/mol. The van der Waals surface area contributed by atoms with E-state index >= 15 is 0 Å². The standard InChI is InChI=1S/C22H23FN2O4S2/c1-3-25(15-17-6-4-7-18(23)14-17)21(26)16-29-20-11-9-19(10-12-20)24(2)31(27,28)22-8-5-13-30-22/h4-14H,3,15-16H2,1-2H3. The number of ether oxygens (including phenoxy) is 1. The Morgan fingerprint density at radius 2 is 1.84 bits per heavy atom. The van der Waals surface area contributed by atoms with E-state index in [-0.39, 0.29) is 22.5 Å². The van der Waals surface area contributed by atoms with Crippen molar-refractivity contribution in [2.45, 2.75) is 17.7 Å². The summed E-state index contributed by atoms with van der Waals surface area (Å²) < 4.78 is 45.6. The minimum absolute atomic E-state index is 0.175. The first kappa shape index (κ1) is 22.8. The maximum atomic E-state index is 13.4. The highest BCUT2D eigenvalue weighted by molar-refractivity contribution is 7.94. The highest BCUT2D eigenvalue weighted by Crippen LogP contribution is 2.26. The van der Waals surface area contributed by atoms with Gasteiger partial charge in [-0.05, 0) is 60.3 Å². The summed E-state index contributed by atoms with van der Waals surface area (Å²) in [5.74, 6) is -0.127. The summed E-state index contributed by atoms with van der Waals surface area (Å²) in [6, 6.07) is 15.8. The van der Waals surface area contributed by atoms with Gasteiger partial charge in [-0.3, -0.25) is 9.10 Å². The molecule has 9 heteroatoms. The van der Waals surface area contributed by atoms with Gasteiger partial charge in [0.25, 0.3) is 15.9 Å². The van der Waals surface area contributed by atoms with Crippen molar-refractivity contribution in [3.8, 4) is 5.75 Å². The summed E-state index contributed by atoms with van der Waals surface area (Å²) in [5, 5.41) is 1.71. The lowest BCUT2D eigenvalue weighted by Gasteiger charge is -2.21. The highest BCUT2D eigenvalue weighted by Gasteiger charge is 2.22. The second-order valence-corrected chi connectivity index (χ2v) is 9.87. The van der Waals surface area contributed by atoms with Crippen LogP contribution in [0.4, 0.5) is 10.1 Å². The Balaban J connectivity index is 1.60. The van der Waals surface area contributed by atoms with Crippen LogP contribution in [0.2, 0.25) is 0 Å². The first-order valence-corrected chi connectivity index (χ1v) is 11.9. The van der Waals surface area contributed by atoms with Gasteiger partial charge in [0.05, 0.1) is 5.69 Å². The van der Waals surface area contributed by atoms with Crippen LogP contribution in [0.5, 0.6) is 5.75 Å². The third-order valence-electron chi connectivity index (χ3n) is 4.67. The van der Waals surface area contributed by atoms with E-state index in [4.69, 9.17) is 4.74 Å². The SMILES string of the molecule is CCN(Cc1cccc(F)c1)C(=O)COc1ccc(N(C)S(=O)(=O)c2cccs2)cc1. The normalized spacial score (nSPS) is 11.2. The Hall–Kier alpha value is -2.91. The first-order chi connectivity index (χ1) is 14.8. The summed E-state index contributed by atoms with van der Waals surface area (Å²) in [4.78, 5) is 14.1. The van der Waals surface area contributed by atoms with Crippen LogP contribution in [-0.2, 0) is 21.4 Å². The number of nitrogens with zero attached hydrogens (tertiary/aromatic N) is 2. The molecule has 0 aliphatic carbocycles. The molecule has 0 atom stereocenters. The summed E-state index contributed by atoms with van der Waals surface area (Å²) in [5.41, 5.74) is 1.18. The molecular formula is C22H23FN2O4S2. The Labute approximate surface area is 185 Å². The van der Waals surface area contributed by atoms with Gasteiger partial charge in [0.15, 0.2) is 6.61 Å². The lowest BCUT2D eigenvalue weighted by molar-refractivity contribution is -0.133. The summed E-state index contributed by atoms with van der Waals surface area (Å²) in [6.07, 6.45) is 0. The molecule has 3 rings (SSSR count). The van der Waals surface area contributed by atoms with Crippen LogP contribution in [0.3, 0.4) is 0 Å². The van der Waals surface area contributed by atoms with Crippen LogP contribution in [-0.4, -0.2) is 39.4 Å². The quantitative estimate of drug-likeness (QED) is 0.479. The molecule has 0 saturated carbocycles. The molecule has 0 bridgehead atoms. The molecular weight excluding hydrogens is 439 g/mol. The molecule has 164 valence electrons. The van der Waals surface area contributed by atoms with Gasteiger partial charge in [0.1, 0.15) is 15.8 Å². The molecule has 0 spiro atoms. The zero-order valence-corrected chi connectivity index (χ0v) is 18.8. The fourth-order valence-corrected chi connectivity index (χ4v) is 5.26. The zero-order valence-electron chi connectivity index (χ0n) is 17.2. The third kappa shape index (κ3) is 5.62. The number of sulfonamides is 1. The van der Waals surface area contributed by atoms with Crippen LogP contribution in [0.25, 0.3) is 0 Å². The van der Waals surface area contributed by atoms with E-state index in [9.17, 15) is 17.6 Å². The summed E-state index contributed by atoms with van der Waals surface area (Å²) in [7, 11) is -2.13. The lowest BCUT2D eigenvalue weighted by Crippen LogP contribution is -2.34. The van der Waals surface area contributed by atoms with E-state index in [1.54, 1.807) is 58.8 Å². The van der Waals surface area contributed by atoms with Crippen LogP contribution >= 0.6 is 11.3 Å². The van der Waals surface area contributed by atoms with Gasteiger partial charge >= 0.3 is 0 Å². The molecule has 0 aliphatic heterocycles. The van der Waals surface area contributed by atoms with E-state index in [0.29, 0.717) is 30.1 Å². The van der Waals surface area contributed by atoms with Crippen LogP contribution < -0.4 is 9.04 Å². The summed E-state index contributed by atoms with van der Waals surface area (Å²) in [6.45, 7) is 2.42. The van der Waals surface area contributed by atoms with Crippen molar-refractivity contribution in [2.75, 3.05) is 24.5 Å². The van der Waals surface area contributed by atoms with Crippen LogP contribution in [0, 0.1) is 5.82 Å². The van der Waals surface area contributed by atoms with E-state index in [1.165, 1.54) is 23.5 Å². The van der Waals surface area contributed by atoms with Gasteiger partial charge < -0.3 is 9.64 Å². The number of carbonyl (C=O) groups is 1. The molecule has 1 aromatic heterocycles. The van der Waals surface area contributed by atoms with E-state index in [2.05, 4.69) is 0 Å². The predicted octanol–water partition coefficient (Wildman–Crippen LogP) is 4.14. The fraction of sp³-hybridized carbons (Fsp3) is 0.227. The molecule has 1 heterocycles. The molecule has 0 unspecified atom stereocenters. The number of hydrogen-bond acceptors (Lipinski definition) is 5. The second kappa shape index (κ2) is 9.93. The maximum absolute atomic E-state index is 13.4. The van der Waals surface area contributed by atoms with Crippen molar-refractivity contribution in [1.29, 1.82) is 0 Å². The van der Waals surface area contributed by atoms with Crippen molar-refractivity contribution in [3.63, 3.8) is 0 Å². The number of benzene rings is 2. The van der Waals surface area contributed by atoms with E-state index in [0.717, 1.165) is 11.3 Å². The molecule has 31 heavy (non-hydrogen) atoms. The smallest absolute Gasteiger partial charge is 0.273 e. The number of halogens is 1. The average molecular weight is 463 g/mol. The van der Waals surface area contributed by atoms with Crippen molar-refractivity contribution >= 4 is 33.0 Å². The molecule has 0 N–H and O–H groups in total. The average Bonchev–Trinajstić information content (AvgIpc) is 3.31. The minimum Gasteiger partial charge on any atom is -0.484 e. The van der Waals surface area contributed by atoms with Crippen molar-refractivity contribution < 1.29 is 22.3 Å². The number of rotatable bonds is 9. The van der Waals surface area contributed by atoms with Crippen LogP contribution in [0.15, 0.2) is 70.3 Å². The molecule has 1 amide bonds. The van der Waals surface area contributed by atoms with Crippen molar-refractivity contribution in [2.24, 2.45) is 0 Å². The van der Waals surface area contributed by atoms with E-state index in [1.807, 2.05) is 6.92 Å². The molecule has 0 radical (unpaired) electrons.